The first kappa shape index (κ1) is 32.2. The number of azo groups is 2. The molecule has 0 aliphatic heterocycles. The Kier molecular flexibility index (Phi) is 9.56. The number of aromatic carboxylic acids is 2. The van der Waals surface area contributed by atoms with Gasteiger partial charge in [-0.25, -0.2) is 9.59 Å². The topological polar surface area (TPSA) is 223 Å². The maximum Gasteiger partial charge on any atom is 0.339 e. The minimum atomic E-state index is -1.29. The molecule has 0 unspecified atom stereocenters. The fourth-order valence-corrected chi connectivity index (χ4v) is 4.15. The van der Waals surface area contributed by atoms with E-state index in [0.29, 0.717) is 33.9 Å². The summed E-state index contributed by atoms with van der Waals surface area (Å²) in [5, 5.41) is 59.0. The van der Waals surface area contributed by atoms with E-state index in [0.717, 1.165) is 0 Å². The molecule has 14 nitrogen and oxygen atoms in total. The standard InChI is InChI=1S/C34H24N6O8/c41-29-15-13-25(17-27(29)33(45)46)39-37-23-9-5-21(6-10-23)35-31(43)19-1-2-20(4-3-19)32(44)36-22-7-11-24(12-8-22)38-40-26-14-16-30(42)28(18-26)34(47)48/h1-18,41-42H,(H,35,43)(H,36,44)(H,45,46)(H,47,48). The minimum Gasteiger partial charge on any atom is -0.507 e. The summed E-state index contributed by atoms with van der Waals surface area (Å²) in [6.07, 6.45) is 0. The number of anilines is 2. The molecule has 2 amide bonds. The number of carbonyl (C=O) groups is 4. The van der Waals surface area contributed by atoms with Crippen LogP contribution in [0, 0.1) is 0 Å². The van der Waals surface area contributed by atoms with Crippen LogP contribution in [0.5, 0.6) is 11.5 Å². The Hall–Kier alpha value is -7.22. The van der Waals surface area contributed by atoms with Crippen LogP contribution in [0.25, 0.3) is 0 Å². The van der Waals surface area contributed by atoms with Crippen LogP contribution in [0.15, 0.2) is 130 Å². The van der Waals surface area contributed by atoms with Gasteiger partial charge >= 0.3 is 11.9 Å². The largest absolute Gasteiger partial charge is 0.507 e. The molecule has 0 fully saturated rings. The van der Waals surface area contributed by atoms with E-state index in [1.165, 1.54) is 60.7 Å². The van der Waals surface area contributed by atoms with Gasteiger partial charge in [-0.1, -0.05) is 0 Å². The molecule has 0 atom stereocenters. The second kappa shape index (κ2) is 14.3. The number of hydrogen-bond acceptors (Lipinski definition) is 10. The Morgan fingerprint density at radius 2 is 0.750 bits per heavy atom. The molecule has 0 saturated heterocycles. The fourth-order valence-electron chi connectivity index (χ4n) is 4.15. The van der Waals surface area contributed by atoms with Crippen molar-refractivity contribution in [1.29, 1.82) is 0 Å². The Balaban J connectivity index is 1.14. The molecule has 48 heavy (non-hydrogen) atoms. The lowest BCUT2D eigenvalue weighted by Crippen LogP contribution is -2.14. The summed E-state index contributed by atoms with van der Waals surface area (Å²) in [5.74, 6) is -4.15. The molecular weight excluding hydrogens is 620 g/mol. The van der Waals surface area contributed by atoms with E-state index in [9.17, 15) is 29.4 Å². The van der Waals surface area contributed by atoms with Gasteiger partial charge in [-0.05, 0) is 109 Å². The van der Waals surface area contributed by atoms with E-state index in [2.05, 4.69) is 31.1 Å². The lowest BCUT2D eigenvalue weighted by atomic mass is 10.1. The smallest absolute Gasteiger partial charge is 0.339 e. The first-order valence-corrected chi connectivity index (χ1v) is 13.9. The minimum absolute atomic E-state index is 0.239. The van der Waals surface area contributed by atoms with Gasteiger partial charge in [0.1, 0.15) is 22.6 Å². The summed E-state index contributed by atoms with van der Waals surface area (Å²) in [7, 11) is 0. The Labute approximate surface area is 271 Å². The number of nitrogens with zero attached hydrogens (tertiary/aromatic N) is 4. The molecule has 5 rings (SSSR count). The molecule has 0 aliphatic rings. The highest BCUT2D eigenvalue weighted by molar-refractivity contribution is 6.07. The lowest BCUT2D eigenvalue weighted by Gasteiger charge is -2.08. The number of carbonyl (C=O) groups excluding carboxylic acids is 2. The number of aromatic hydroxyl groups is 2. The van der Waals surface area contributed by atoms with Gasteiger partial charge in [0.15, 0.2) is 0 Å². The van der Waals surface area contributed by atoms with Crippen LogP contribution in [-0.4, -0.2) is 44.2 Å². The zero-order chi connectivity index (χ0) is 34.2. The molecule has 5 aromatic rings. The van der Waals surface area contributed by atoms with Crippen LogP contribution >= 0.6 is 0 Å². The van der Waals surface area contributed by atoms with Crippen LogP contribution in [0.1, 0.15) is 41.4 Å². The van der Waals surface area contributed by atoms with Gasteiger partial charge < -0.3 is 31.1 Å². The molecule has 0 aromatic heterocycles. The molecule has 5 aromatic carbocycles. The van der Waals surface area contributed by atoms with Crippen molar-refractivity contribution in [3.05, 3.63) is 131 Å². The van der Waals surface area contributed by atoms with E-state index in [-0.39, 0.29) is 34.0 Å². The normalized spacial score (nSPS) is 11.0. The second-order valence-corrected chi connectivity index (χ2v) is 9.99. The van der Waals surface area contributed by atoms with Crippen molar-refractivity contribution in [3.8, 4) is 11.5 Å². The summed E-state index contributed by atoms with van der Waals surface area (Å²) in [6.45, 7) is 0. The summed E-state index contributed by atoms with van der Waals surface area (Å²) >= 11 is 0. The summed E-state index contributed by atoms with van der Waals surface area (Å²) in [4.78, 5) is 47.9. The number of carboxylic acids is 2. The van der Waals surface area contributed by atoms with Gasteiger partial charge in [0.05, 0.1) is 22.7 Å². The maximum absolute atomic E-state index is 12.8. The van der Waals surface area contributed by atoms with Gasteiger partial charge in [-0.3, -0.25) is 9.59 Å². The highest BCUT2D eigenvalue weighted by Crippen LogP contribution is 2.27. The first-order valence-electron chi connectivity index (χ1n) is 13.9. The van der Waals surface area contributed by atoms with Crippen molar-refractivity contribution in [2.75, 3.05) is 10.6 Å². The third-order valence-electron chi connectivity index (χ3n) is 6.64. The van der Waals surface area contributed by atoms with Gasteiger partial charge in [0.25, 0.3) is 11.8 Å². The van der Waals surface area contributed by atoms with Crippen molar-refractivity contribution < 1.29 is 39.6 Å². The number of phenols is 2. The van der Waals surface area contributed by atoms with Crippen LogP contribution in [-0.2, 0) is 0 Å². The predicted molar refractivity (Wildman–Crippen MR) is 174 cm³/mol. The molecule has 0 spiro atoms. The molecule has 0 aliphatic carbocycles. The first-order chi connectivity index (χ1) is 23.0. The zero-order valence-corrected chi connectivity index (χ0v) is 24.6. The Morgan fingerprint density at radius 1 is 0.438 bits per heavy atom. The summed E-state index contributed by atoms with van der Waals surface area (Å²) in [6, 6.07) is 26.6. The van der Waals surface area contributed by atoms with Gasteiger partial charge in [0.2, 0.25) is 0 Å². The highest BCUT2D eigenvalue weighted by atomic mass is 16.4. The van der Waals surface area contributed by atoms with Gasteiger partial charge in [-0.2, -0.15) is 20.5 Å². The monoisotopic (exact) mass is 644 g/mol. The molecule has 0 heterocycles. The average molecular weight is 645 g/mol. The Bertz CT molecular complexity index is 1930. The zero-order valence-electron chi connectivity index (χ0n) is 24.6. The quantitative estimate of drug-likeness (QED) is 0.0820. The highest BCUT2D eigenvalue weighted by Gasteiger charge is 2.12. The summed E-state index contributed by atoms with van der Waals surface area (Å²) in [5.41, 5.74) is 2.37. The van der Waals surface area contributed by atoms with Crippen molar-refractivity contribution in [2.24, 2.45) is 20.5 Å². The van der Waals surface area contributed by atoms with E-state index in [1.807, 2.05) is 0 Å². The third kappa shape index (κ3) is 8.08. The van der Waals surface area contributed by atoms with Gasteiger partial charge in [0, 0.05) is 22.5 Å². The van der Waals surface area contributed by atoms with Crippen molar-refractivity contribution in [3.63, 3.8) is 0 Å². The molecular formula is C34H24N6O8. The van der Waals surface area contributed by atoms with Gasteiger partial charge in [-0.15, -0.1) is 0 Å². The van der Waals surface area contributed by atoms with Crippen LogP contribution in [0.2, 0.25) is 0 Å². The summed E-state index contributed by atoms with van der Waals surface area (Å²) < 4.78 is 0. The van der Waals surface area contributed by atoms with E-state index >= 15 is 0 Å². The second-order valence-electron chi connectivity index (χ2n) is 9.99. The van der Waals surface area contributed by atoms with Crippen molar-refractivity contribution in [2.45, 2.75) is 0 Å². The number of hydrogen-bond donors (Lipinski definition) is 6. The molecule has 6 N–H and O–H groups in total. The van der Waals surface area contributed by atoms with E-state index in [4.69, 9.17) is 10.2 Å². The molecule has 238 valence electrons. The van der Waals surface area contributed by atoms with Crippen molar-refractivity contribution >= 4 is 57.9 Å². The Morgan fingerprint density at radius 3 is 1.08 bits per heavy atom. The van der Waals surface area contributed by atoms with E-state index < -0.39 is 23.8 Å². The lowest BCUT2D eigenvalue weighted by molar-refractivity contribution is 0.0682. The molecule has 0 radical (unpaired) electrons. The number of carboxylic acid groups (broad SMARTS) is 2. The average Bonchev–Trinajstić information content (AvgIpc) is 3.08. The van der Waals surface area contributed by atoms with Crippen molar-refractivity contribution in [1.82, 2.24) is 0 Å². The fraction of sp³-hybridized carbons (Fsp3) is 0. The predicted octanol–water partition coefficient (Wildman–Crippen LogP) is 7.83. The number of amides is 2. The van der Waals surface area contributed by atoms with E-state index in [1.54, 1.807) is 48.5 Å². The molecule has 0 bridgehead atoms. The number of benzene rings is 5. The third-order valence-corrected chi connectivity index (χ3v) is 6.64. The number of nitrogens with one attached hydrogen (secondary N) is 2. The molecule has 14 heteroatoms. The van der Waals surface area contributed by atoms with Crippen LogP contribution < -0.4 is 10.6 Å². The van der Waals surface area contributed by atoms with Crippen LogP contribution in [0.3, 0.4) is 0 Å². The molecule has 0 saturated carbocycles. The maximum atomic E-state index is 12.8. The SMILES string of the molecule is O=C(Nc1ccc(N=Nc2ccc(O)c(C(=O)O)c2)cc1)c1ccc(C(=O)Nc2ccc(N=Nc3ccc(O)c(C(=O)O)c3)cc2)cc1. The number of rotatable bonds is 10. The van der Waals surface area contributed by atoms with Crippen LogP contribution in [0.4, 0.5) is 34.1 Å².